The number of aromatic nitrogens is 1. The molecule has 22 heavy (non-hydrogen) atoms. The van der Waals surface area contributed by atoms with Gasteiger partial charge in [-0.05, 0) is 44.0 Å². The van der Waals surface area contributed by atoms with Gasteiger partial charge in [0, 0.05) is 28.9 Å². The first-order valence-corrected chi connectivity index (χ1v) is 8.53. The van der Waals surface area contributed by atoms with Crippen LogP contribution in [0.3, 0.4) is 0 Å². The van der Waals surface area contributed by atoms with E-state index in [1.54, 1.807) is 0 Å². The first kappa shape index (κ1) is 13.8. The number of fused-ring (bicyclic) bond motifs is 3. The maximum absolute atomic E-state index is 3.76. The Morgan fingerprint density at radius 3 is 2.64 bits per heavy atom. The predicted molar refractivity (Wildman–Crippen MR) is 93.0 cm³/mol. The van der Waals surface area contributed by atoms with E-state index in [9.17, 15) is 0 Å². The van der Waals surface area contributed by atoms with Gasteiger partial charge < -0.3 is 9.88 Å². The number of nitrogens with zero attached hydrogens (tertiary/aromatic N) is 1. The van der Waals surface area contributed by atoms with E-state index in [-0.39, 0.29) is 6.04 Å². The lowest BCUT2D eigenvalue weighted by molar-refractivity contribution is 0.600. The molecule has 0 spiro atoms. The van der Waals surface area contributed by atoms with Crippen molar-refractivity contribution in [3.05, 3.63) is 75.4 Å². The Morgan fingerprint density at radius 1 is 1.09 bits per heavy atom. The Hall–Kier alpha value is -1.84. The maximum atomic E-state index is 3.76. The van der Waals surface area contributed by atoms with E-state index < -0.39 is 0 Å². The van der Waals surface area contributed by atoms with E-state index in [2.05, 4.69) is 73.3 Å². The minimum atomic E-state index is 0.245. The first-order chi connectivity index (χ1) is 10.6. The second kappa shape index (κ2) is 5.11. The van der Waals surface area contributed by atoms with Crippen LogP contribution in [0.2, 0.25) is 0 Å². The van der Waals surface area contributed by atoms with Gasteiger partial charge in [-0.3, -0.25) is 0 Å². The molecule has 0 radical (unpaired) electrons. The SMILES string of the molecule is Cc1ccc([C@H]2NCc3c(sc(C)c3C)-n3cccc32)cc1. The van der Waals surface area contributed by atoms with Crippen molar-refractivity contribution in [2.75, 3.05) is 0 Å². The van der Waals surface area contributed by atoms with Crippen molar-refractivity contribution in [1.29, 1.82) is 0 Å². The van der Waals surface area contributed by atoms with Crippen LogP contribution in [0.4, 0.5) is 0 Å². The average molecular weight is 308 g/mol. The minimum absolute atomic E-state index is 0.245. The molecule has 0 saturated carbocycles. The van der Waals surface area contributed by atoms with Crippen LogP contribution in [0.1, 0.15) is 38.9 Å². The topological polar surface area (TPSA) is 17.0 Å². The lowest BCUT2D eigenvalue weighted by atomic mass is 10.0. The molecule has 1 atom stereocenters. The van der Waals surface area contributed by atoms with E-state index in [0.717, 1.165) is 6.54 Å². The number of hydrogen-bond donors (Lipinski definition) is 1. The summed E-state index contributed by atoms with van der Waals surface area (Å²) >= 11 is 1.90. The van der Waals surface area contributed by atoms with Crippen molar-refractivity contribution in [2.24, 2.45) is 0 Å². The number of nitrogens with one attached hydrogen (secondary N) is 1. The molecule has 0 aliphatic carbocycles. The third-order valence-corrected chi connectivity index (χ3v) is 5.93. The Balaban J connectivity index is 1.86. The van der Waals surface area contributed by atoms with Crippen LogP contribution < -0.4 is 5.32 Å². The highest BCUT2D eigenvalue weighted by Gasteiger charge is 2.25. The lowest BCUT2D eigenvalue weighted by Gasteiger charge is -2.18. The summed E-state index contributed by atoms with van der Waals surface area (Å²) < 4.78 is 2.37. The Morgan fingerprint density at radius 2 is 1.86 bits per heavy atom. The van der Waals surface area contributed by atoms with Crippen LogP contribution >= 0.6 is 11.3 Å². The van der Waals surface area contributed by atoms with Crippen molar-refractivity contribution < 1.29 is 0 Å². The summed E-state index contributed by atoms with van der Waals surface area (Å²) in [5, 5.41) is 5.13. The van der Waals surface area contributed by atoms with E-state index in [1.807, 2.05) is 11.3 Å². The van der Waals surface area contributed by atoms with Gasteiger partial charge in [0.1, 0.15) is 5.00 Å². The van der Waals surface area contributed by atoms with Crippen molar-refractivity contribution in [3.63, 3.8) is 0 Å². The summed E-state index contributed by atoms with van der Waals surface area (Å²) in [5.74, 6) is 0. The molecule has 0 amide bonds. The fraction of sp³-hybridized carbons (Fsp3) is 0.263. The maximum Gasteiger partial charge on any atom is 0.104 e. The molecular formula is C19H20N2S. The summed E-state index contributed by atoms with van der Waals surface area (Å²) in [4.78, 5) is 1.42. The van der Waals surface area contributed by atoms with Gasteiger partial charge in [-0.2, -0.15) is 0 Å². The molecule has 2 aromatic heterocycles. The molecule has 2 nitrogen and oxygen atoms in total. The molecule has 4 rings (SSSR count). The zero-order valence-electron chi connectivity index (χ0n) is 13.2. The third kappa shape index (κ3) is 2.04. The zero-order valence-corrected chi connectivity index (χ0v) is 14.0. The highest BCUT2D eigenvalue weighted by Crippen LogP contribution is 2.37. The summed E-state index contributed by atoms with van der Waals surface area (Å²) in [7, 11) is 0. The third-order valence-electron chi connectivity index (χ3n) is 4.68. The average Bonchev–Trinajstić information content (AvgIpc) is 3.05. The smallest absolute Gasteiger partial charge is 0.104 e. The van der Waals surface area contributed by atoms with Gasteiger partial charge in [0.25, 0.3) is 0 Å². The number of hydrogen-bond acceptors (Lipinski definition) is 2. The second-order valence-corrected chi connectivity index (χ2v) is 7.30. The molecule has 0 unspecified atom stereocenters. The van der Waals surface area contributed by atoms with E-state index in [4.69, 9.17) is 0 Å². The number of aryl methyl sites for hydroxylation is 2. The number of benzene rings is 1. The number of thiophene rings is 1. The predicted octanol–water partition coefficient (Wildman–Crippen LogP) is 4.66. The zero-order chi connectivity index (χ0) is 15.3. The van der Waals surface area contributed by atoms with E-state index >= 15 is 0 Å². The lowest BCUT2D eigenvalue weighted by Crippen LogP contribution is -2.21. The molecule has 1 aliphatic rings. The Kier molecular flexibility index (Phi) is 3.21. The summed E-state index contributed by atoms with van der Waals surface area (Å²) in [6.07, 6.45) is 2.19. The van der Waals surface area contributed by atoms with Crippen molar-refractivity contribution in [1.82, 2.24) is 9.88 Å². The highest BCUT2D eigenvalue weighted by molar-refractivity contribution is 7.14. The summed E-state index contributed by atoms with van der Waals surface area (Å²) in [6, 6.07) is 13.5. The molecular weight excluding hydrogens is 288 g/mol. The van der Waals surface area contributed by atoms with Crippen LogP contribution in [0.5, 0.6) is 0 Å². The molecule has 1 aliphatic heterocycles. The fourth-order valence-electron chi connectivity index (χ4n) is 3.23. The van der Waals surface area contributed by atoms with Gasteiger partial charge in [-0.25, -0.2) is 0 Å². The molecule has 0 saturated heterocycles. The molecule has 0 fully saturated rings. The largest absolute Gasteiger partial charge is 0.310 e. The van der Waals surface area contributed by atoms with Crippen LogP contribution in [0, 0.1) is 20.8 Å². The van der Waals surface area contributed by atoms with Crippen LogP contribution in [-0.4, -0.2) is 4.57 Å². The van der Waals surface area contributed by atoms with Gasteiger partial charge in [-0.1, -0.05) is 29.8 Å². The monoisotopic (exact) mass is 308 g/mol. The fourth-order valence-corrected chi connectivity index (χ4v) is 4.41. The van der Waals surface area contributed by atoms with Crippen LogP contribution in [0.25, 0.3) is 5.00 Å². The van der Waals surface area contributed by atoms with Crippen LogP contribution in [-0.2, 0) is 6.54 Å². The molecule has 3 heteroatoms. The van der Waals surface area contributed by atoms with Gasteiger partial charge >= 0.3 is 0 Å². The minimum Gasteiger partial charge on any atom is -0.310 e. The second-order valence-electron chi connectivity index (χ2n) is 6.09. The number of rotatable bonds is 1. The first-order valence-electron chi connectivity index (χ1n) is 7.71. The van der Waals surface area contributed by atoms with Crippen molar-refractivity contribution >= 4 is 11.3 Å². The van der Waals surface area contributed by atoms with Gasteiger partial charge in [0.05, 0.1) is 6.04 Å². The standard InChI is InChI=1S/C19H20N2S/c1-12-6-8-15(9-7-12)18-17-5-4-10-21(17)19-16(11-20-18)13(2)14(3)22-19/h4-10,18,20H,11H2,1-3H3/t18-/m1/s1. The quantitative estimate of drug-likeness (QED) is 0.692. The molecule has 3 aromatic rings. The molecule has 112 valence electrons. The van der Waals surface area contributed by atoms with Gasteiger partial charge in [0.15, 0.2) is 0 Å². The van der Waals surface area contributed by atoms with Gasteiger partial charge in [-0.15, -0.1) is 11.3 Å². The van der Waals surface area contributed by atoms with Gasteiger partial charge in [0.2, 0.25) is 0 Å². The van der Waals surface area contributed by atoms with Crippen molar-refractivity contribution in [3.8, 4) is 5.00 Å². The Labute approximate surface area is 135 Å². The van der Waals surface area contributed by atoms with E-state index in [0.29, 0.717) is 0 Å². The molecule has 1 aromatic carbocycles. The molecule has 3 heterocycles. The Bertz CT molecular complexity index is 824. The normalized spacial score (nSPS) is 17.0. The molecule has 1 N–H and O–H groups in total. The van der Waals surface area contributed by atoms with Crippen LogP contribution in [0.15, 0.2) is 42.6 Å². The molecule has 0 bridgehead atoms. The highest BCUT2D eigenvalue weighted by atomic mass is 32.1. The summed E-state index contributed by atoms with van der Waals surface area (Å²) in [5.41, 5.74) is 6.82. The van der Waals surface area contributed by atoms with E-state index in [1.165, 1.54) is 37.8 Å². The van der Waals surface area contributed by atoms with Crippen molar-refractivity contribution in [2.45, 2.75) is 33.4 Å². The summed E-state index contributed by atoms with van der Waals surface area (Å²) in [6.45, 7) is 7.51.